The van der Waals surface area contributed by atoms with Crippen molar-refractivity contribution >= 4 is 28.5 Å². The van der Waals surface area contributed by atoms with Crippen molar-refractivity contribution in [2.24, 2.45) is 0 Å². The molecule has 0 aliphatic carbocycles. The van der Waals surface area contributed by atoms with Gasteiger partial charge < -0.3 is 10.0 Å². The molecule has 0 unspecified atom stereocenters. The lowest BCUT2D eigenvalue weighted by atomic mass is 9.80. The highest BCUT2D eigenvalue weighted by molar-refractivity contribution is 9.10. The molecule has 4 nitrogen and oxygen atoms in total. The molecular formula is C14H10BBrN2O2. The molecule has 2 aromatic carbocycles. The highest BCUT2D eigenvalue weighted by atomic mass is 79.9. The van der Waals surface area contributed by atoms with Gasteiger partial charge in [-0.15, -0.1) is 0 Å². The van der Waals surface area contributed by atoms with E-state index in [0.717, 1.165) is 4.47 Å². The fourth-order valence-electron chi connectivity index (χ4n) is 1.33. The highest BCUT2D eigenvalue weighted by Crippen LogP contribution is 2.09. The lowest BCUT2D eigenvalue weighted by Crippen LogP contribution is -2.29. The maximum absolute atomic E-state index is 8.69. The second-order valence-corrected chi connectivity index (χ2v) is 4.65. The first-order chi connectivity index (χ1) is 9.56. The van der Waals surface area contributed by atoms with Crippen molar-refractivity contribution in [3.8, 4) is 12.1 Å². The van der Waals surface area contributed by atoms with E-state index >= 15 is 0 Å². The van der Waals surface area contributed by atoms with Crippen LogP contribution >= 0.6 is 15.9 Å². The molecule has 0 bridgehead atoms. The minimum atomic E-state index is -1.50. The lowest BCUT2D eigenvalue weighted by molar-refractivity contribution is 0.426. The van der Waals surface area contributed by atoms with E-state index < -0.39 is 7.12 Å². The average Bonchev–Trinajstić information content (AvgIpc) is 2.48. The Morgan fingerprint density at radius 2 is 1.45 bits per heavy atom. The van der Waals surface area contributed by atoms with Crippen LogP contribution in [0.3, 0.4) is 0 Å². The first-order valence-corrected chi connectivity index (χ1v) is 6.38. The minimum absolute atomic E-state index is 0.337. The van der Waals surface area contributed by atoms with Gasteiger partial charge >= 0.3 is 7.12 Å². The van der Waals surface area contributed by atoms with Crippen LogP contribution < -0.4 is 5.46 Å². The molecule has 0 saturated heterocycles. The van der Waals surface area contributed by atoms with Crippen LogP contribution in [0.1, 0.15) is 11.1 Å². The van der Waals surface area contributed by atoms with E-state index in [1.165, 1.54) is 6.07 Å². The molecule has 0 spiro atoms. The molecular weight excluding hydrogens is 319 g/mol. The van der Waals surface area contributed by atoms with Gasteiger partial charge in [0.1, 0.15) is 0 Å². The topological polar surface area (TPSA) is 88.0 Å². The molecule has 0 aliphatic heterocycles. The first kappa shape index (κ1) is 15.9. The number of nitriles is 2. The predicted molar refractivity (Wildman–Crippen MR) is 79.8 cm³/mol. The summed E-state index contributed by atoms with van der Waals surface area (Å²) >= 11 is 3.25. The van der Waals surface area contributed by atoms with Gasteiger partial charge in [-0.05, 0) is 35.8 Å². The molecule has 2 N–H and O–H groups in total. The molecule has 0 heterocycles. The molecule has 6 heteroatoms. The molecule has 0 radical (unpaired) electrons. The third kappa shape index (κ3) is 5.25. The van der Waals surface area contributed by atoms with E-state index in [1.54, 1.807) is 30.3 Å². The molecule has 2 aromatic rings. The van der Waals surface area contributed by atoms with E-state index in [4.69, 9.17) is 20.6 Å². The second kappa shape index (κ2) is 8.14. The largest absolute Gasteiger partial charge is 0.488 e. The van der Waals surface area contributed by atoms with Gasteiger partial charge in [0.05, 0.1) is 23.3 Å². The summed E-state index contributed by atoms with van der Waals surface area (Å²) in [4.78, 5) is 0. The van der Waals surface area contributed by atoms with Gasteiger partial charge in [-0.2, -0.15) is 10.5 Å². The number of rotatable bonds is 1. The second-order valence-electron chi connectivity index (χ2n) is 3.73. The normalized spacial score (nSPS) is 8.65. The third-order valence-corrected chi connectivity index (χ3v) is 2.76. The van der Waals surface area contributed by atoms with Crippen LogP contribution in [0.25, 0.3) is 0 Å². The fourth-order valence-corrected chi connectivity index (χ4v) is 1.73. The van der Waals surface area contributed by atoms with Gasteiger partial charge in [0, 0.05) is 4.47 Å². The summed E-state index contributed by atoms with van der Waals surface area (Å²) < 4.78 is 0.946. The van der Waals surface area contributed by atoms with Crippen LogP contribution in [0.2, 0.25) is 0 Å². The number of halogens is 1. The van der Waals surface area contributed by atoms with E-state index in [1.807, 2.05) is 24.3 Å². The Labute approximate surface area is 125 Å². The average molecular weight is 329 g/mol. The summed E-state index contributed by atoms with van der Waals surface area (Å²) in [5, 5.41) is 34.2. The molecule has 0 amide bonds. The van der Waals surface area contributed by atoms with Crippen LogP contribution in [0.4, 0.5) is 0 Å². The van der Waals surface area contributed by atoms with Crippen LogP contribution in [0.15, 0.2) is 53.0 Å². The van der Waals surface area contributed by atoms with Gasteiger partial charge in [0.25, 0.3) is 0 Å². The zero-order valence-electron chi connectivity index (χ0n) is 10.4. The monoisotopic (exact) mass is 328 g/mol. The molecule has 0 atom stereocenters. The van der Waals surface area contributed by atoms with Crippen molar-refractivity contribution < 1.29 is 10.0 Å². The zero-order valence-corrected chi connectivity index (χ0v) is 11.9. The summed E-state index contributed by atoms with van der Waals surface area (Å²) in [6, 6.07) is 17.4. The van der Waals surface area contributed by atoms with Gasteiger partial charge in [0.15, 0.2) is 0 Å². The SMILES string of the molecule is N#Cc1cccc(B(O)O)c1.N#Cc1cccc(Br)c1. The zero-order chi connectivity index (χ0) is 15.0. The van der Waals surface area contributed by atoms with Crippen molar-refractivity contribution in [3.05, 3.63) is 64.1 Å². The summed E-state index contributed by atoms with van der Waals surface area (Å²) in [6.45, 7) is 0. The van der Waals surface area contributed by atoms with E-state index in [2.05, 4.69) is 15.9 Å². The Balaban J connectivity index is 0.000000204. The van der Waals surface area contributed by atoms with Crippen molar-refractivity contribution in [1.82, 2.24) is 0 Å². The molecule has 98 valence electrons. The molecule has 20 heavy (non-hydrogen) atoms. The number of nitrogens with zero attached hydrogens (tertiary/aromatic N) is 2. The Kier molecular flexibility index (Phi) is 6.48. The third-order valence-electron chi connectivity index (χ3n) is 2.27. The van der Waals surface area contributed by atoms with Gasteiger partial charge in [-0.25, -0.2) is 0 Å². The summed E-state index contributed by atoms with van der Waals surface area (Å²) in [6.07, 6.45) is 0. The molecule has 0 saturated carbocycles. The van der Waals surface area contributed by atoms with Crippen molar-refractivity contribution in [2.75, 3.05) is 0 Å². The van der Waals surface area contributed by atoms with Crippen molar-refractivity contribution in [2.45, 2.75) is 0 Å². The van der Waals surface area contributed by atoms with Crippen LogP contribution in [-0.2, 0) is 0 Å². The molecule has 0 aromatic heterocycles. The first-order valence-electron chi connectivity index (χ1n) is 5.58. The van der Waals surface area contributed by atoms with E-state index in [9.17, 15) is 0 Å². The van der Waals surface area contributed by atoms with E-state index in [0.29, 0.717) is 16.6 Å². The van der Waals surface area contributed by atoms with Gasteiger partial charge in [0.2, 0.25) is 0 Å². The fraction of sp³-hybridized carbons (Fsp3) is 0. The Hall–Kier alpha value is -2.12. The smallest absolute Gasteiger partial charge is 0.423 e. The van der Waals surface area contributed by atoms with Crippen molar-refractivity contribution in [3.63, 3.8) is 0 Å². The summed E-state index contributed by atoms with van der Waals surface area (Å²) in [7, 11) is -1.50. The molecule has 0 aliphatic rings. The van der Waals surface area contributed by atoms with Crippen LogP contribution in [0, 0.1) is 22.7 Å². The Morgan fingerprint density at radius 1 is 0.900 bits per heavy atom. The minimum Gasteiger partial charge on any atom is -0.423 e. The standard InChI is InChI=1S/C7H6BNO2.C7H4BrN/c9-5-6-2-1-3-7(4-6)8(10)11;8-7-3-1-2-6(4-7)5-9/h1-4,10-11H;1-4H. The predicted octanol–water partition coefficient (Wildman–Crippen LogP) is 1.56. The van der Waals surface area contributed by atoms with Crippen molar-refractivity contribution in [1.29, 1.82) is 10.5 Å². The Morgan fingerprint density at radius 3 is 1.90 bits per heavy atom. The quantitative estimate of drug-likeness (QED) is 0.777. The highest BCUT2D eigenvalue weighted by Gasteiger charge is 2.09. The maximum Gasteiger partial charge on any atom is 0.488 e. The van der Waals surface area contributed by atoms with Crippen LogP contribution in [-0.4, -0.2) is 17.2 Å². The van der Waals surface area contributed by atoms with Crippen LogP contribution in [0.5, 0.6) is 0 Å². The number of hydrogen-bond donors (Lipinski definition) is 2. The lowest BCUT2D eigenvalue weighted by Gasteiger charge is -1.97. The Bertz CT molecular complexity index is 663. The molecule has 0 fully saturated rings. The summed E-state index contributed by atoms with van der Waals surface area (Å²) in [5.41, 5.74) is 1.45. The van der Waals surface area contributed by atoms with Gasteiger partial charge in [-0.3, -0.25) is 0 Å². The van der Waals surface area contributed by atoms with Gasteiger partial charge in [-0.1, -0.05) is 34.1 Å². The maximum atomic E-state index is 8.69. The number of hydrogen-bond acceptors (Lipinski definition) is 4. The number of benzene rings is 2. The van der Waals surface area contributed by atoms with E-state index in [-0.39, 0.29) is 0 Å². The molecule has 2 rings (SSSR count). The summed E-state index contributed by atoms with van der Waals surface area (Å²) in [5.74, 6) is 0.